The van der Waals surface area contributed by atoms with Gasteiger partial charge in [0.25, 0.3) is 5.89 Å². The fourth-order valence-electron chi connectivity index (χ4n) is 3.21. The average molecular weight is 396 g/mol. The molecule has 3 aromatic rings. The molecule has 1 aliphatic heterocycles. The molecule has 1 aliphatic rings. The lowest BCUT2D eigenvalue weighted by Crippen LogP contribution is -2.50. The lowest BCUT2D eigenvalue weighted by molar-refractivity contribution is -0.135. The molecule has 0 aliphatic carbocycles. The summed E-state index contributed by atoms with van der Waals surface area (Å²) >= 11 is 0. The molecule has 0 bridgehead atoms. The van der Waals surface area contributed by atoms with E-state index >= 15 is 0 Å². The molecule has 1 fully saturated rings. The van der Waals surface area contributed by atoms with E-state index in [-0.39, 0.29) is 13.9 Å². The summed E-state index contributed by atoms with van der Waals surface area (Å²) in [5.74, 6) is 1.51. The second-order valence-electron chi connectivity index (χ2n) is 6.74. The number of carbonyl (C=O) groups excluding carboxylic acids is 1. The van der Waals surface area contributed by atoms with Crippen molar-refractivity contribution in [2.45, 2.75) is 6.92 Å². The number of amides is 1. The van der Waals surface area contributed by atoms with Gasteiger partial charge in [-0.15, -0.1) is 10.2 Å². The van der Waals surface area contributed by atoms with Gasteiger partial charge in [0.05, 0.1) is 11.9 Å². The topological polar surface area (TPSA) is 97.5 Å². The van der Waals surface area contributed by atoms with Crippen LogP contribution in [0.25, 0.3) is 23.0 Å². The highest BCUT2D eigenvalue weighted by Crippen LogP contribution is 2.26. The van der Waals surface area contributed by atoms with E-state index in [0.717, 1.165) is 11.4 Å². The van der Waals surface area contributed by atoms with Crippen LogP contribution < -0.4 is 4.90 Å². The van der Waals surface area contributed by atoms with Crippen LogP contribution in [-0.4, -0.2) is 70.9 Å². The molecule has 0 N–H and O–H groups in total. The monoisotopic (exact) mass is 396 g/mol. The summed E-state index contributed by atoms with van der Waals surface area (Å²) in [7, 11) is 1.53. The molecule has 3 heterocycles. The zero-order valence-corrected chi connectivity index (χ0v) is 16.4. The van der Waals surface area contributed by atoms with Crippen LogP contribution in [0, 0.1) is 6.92 Å². The number of carbonyl (C=O) groups is 1. The quantitative estimate of drug-likeness (QED) is 0.646. The van der Waals surface area contributed by atoms with Gasteiger partial charge in [-0.3, -0.25) is 9.78 Å². The van der Waals surface area contributed by atoms with Crippen molar-refractivity contribution in [1.82, 2.24) is 25.1 Å². The maximum atomic E-state index is 12.0. The standard InChI is InChI=1S/C20H22N6O3.H2/c1-14-18(20-24-23-19(29-20)15-6-4-3-5-7-15)22-16(12-21-14)25-8-10-26(11-9-25)17(27)13-28-2;/h3-7,12H,8-11,13H2,1-2H3;1H. The van der Waals surface area contributed by atoms with Gasteiger partial charge in [-0.1, -0.05) is 18.2 Å². The molecule has 0 radical (unpaired) electrons. The van der Waals surface area contributed by atoms with Gasteiger partial charge in [-0.2, -0.15) is 0 Å². The van der Waals surface area contributed by atoms with Crippen molar-refractivity contribution >= 4 is 11.7 Å². The SMILES string of the molecule is COCC(=O)N1CCN(c2cnc(C)c(-c3nnc(-c4ccccc4)o3)n2)CC1.[HH]. The highest BCUT2D eigenvalue weighted by Gasteiger charge is 2.23. The molecule has 9 nitrogen and oxygen atoms in total. The Balaban J connectivity index is 0.00000256. The molecule has 152 valence electrons. The Morgan fingerprint density at radius 2 is 1.86 bits per heavy atom. The van der Waals surface area contributed by atoms with Gasteiger partial charge in [-0.05, 0) is 19.1 Å². The Bertz CT molecular complexity index is 989. The van der Waals surface area contributed by atoms with Crippen molar-refractivity contribution in [2.24, 2.45) is 0 Å². The molecule has 1 amide bonds. The molecule has 0 unspecified atom stereocenters. The van der Waals surface area contributed by atoms with Crippen LogP contribution in [0.5, 0.6) is 0 Å². The number of aromatic nitrogens is 4. The molecule has 4 rings (SSSR count). The summed E-state index contributed by atoms with van der Waals surface area (Å²) in [5.41, 5.74) is 2.13. The molecule has 0 spiro atoms. The lowest BCUT2D eigenvalue weighted by Gasteiger charge is -2.35. The Hall–Kier alpha value is -3.33. The molecular weight excluding hydrogens is 372 g/mol. The highest BCUT2D eigenvalue weighted by molar-refractivity contribution is 5.77. The summed E-state index contributed by atoms with van der Waals surface area (Å²) < 4.78 is 10.8. The predicted molar refractivity (Wildman–Crippen MR) is 108 cm³/mol. The van der Waals surface area contributed by atoms with Crippen LogP contribution in [0.2, 0.25) is 0 Å². The summed E-state index contributed by atoms with van der Waals surface area (Å²) in [6, 6.07) is 9.60. The molecule has 29 heavy (non-hydrogen) atoms. The van der Waals surface area contributed by atoms with Crippen molar-refractivity contribution < 1.29 is 15.4 Å². The third-order valence-corrected chi connectivity index (χ3v) is 4.82. The fraction of sp³-hybridized carbons (Fsp3) is 0.350. The Morgan fingerprint density at radius 3 is 2.59 bits per heavy atom. The van der Waals surface area contributed by atoms with E-state index in [2.05, 4.69) is 20.1 Å². The number of ether oxygens (including phenoxy) is 1. The van der Waals surface area contributed by atoms with E-state index < -0.39 is 0 Å². The molecule has 9 heteroatoms. The maximum absolute atomic E-state index is 12.0. The smallest absolute Gasteiger partial charge is 0.268 e. The van der Waals surface area contributed by atoms with Crippen LogP contribution in [0.3, 0.4) is 0 Å². The minimum absolute atomic E-state index is 0. The normalized spacial score (nSPS) is 14.3. The first kappa shape index (κ1) is 19.0. The number of anilines is 1. The fourth-order valence-corrected chi connectivity index (χ4v) is 3.21. The van der Waals surface area contributed by atoms with E-state index in [1.54, 1.807) is 11.1 Å². The summed E-state index contributed by atoms with van der Waals surface area (Å²) in [6.07, 6.45) is 1.74. The first-order valence-electron chi connectivity index (χ1n) is 9.40. The van der Waals surface area contributed by atoms with E-state index in [1.807, 2.05) is 37.3 Å². The van der Waals surface area contributed by atoms with Gasteiger partial charge < -0.3 is 19.0 Å². The van der Waals surface area contributed by atoms with Gasteiger partial charge in [0, 0.05) is 40.3 Å². The first-order chi connectivity index (χ1) is 14.2. The second kappa shape index (κ2) is 8.36. The molecule has 1 aromatic carbocycles. The highest BCUT2D eigenvalue weighted by atomic mass is 16.5. The third-order valence-electron chi connectivity index (χ3n) is 4.82. The van der Waals surface area contributed by atoms with Crippen molar-refractivity contribution in [3.63, 3.8) is 0 Å². The number of hydrogen-bond acceptors (Lipinski definition) is 8. The first-order valence-corrected chi connectivity index (χ1v) is 9.40. The Morgan fingerprint density at radius 1 is 1.14 bits per heavy atom. The number of rotatable bonds is 5. The van der Waals surface area contributed by atoms with Crippen molar-refractivity contribution in [3.05, 3.63) is 42.2 Å². The molecule has 0 atom stereocenters. The van der Waals surface area contributed by atoms with Crippen LogP contribution >= 0.6 is 0 Å². The number of benzene rings is 1. The molecule has 2 aromatic heterocycles. The van der Waals surface area contributed by atoms with Gasteiger partial charge >= 0.3 is 0 Å². The average Bonchev–Trinajstić information content (AvgIpc) is 3.25. The zero-order chi connectivity index (χ0) is 20.2. The number of aryl methyl sites for hydroxylation is 1. The Labute approximate surface area is 169 Å². The van der Waals surface area contributed by atoms with Crippen molar-refractivity contribution in [1.29, 1.82) is 0 Å². The van der Waals surface area contributed by atoms with E-state index in [0.29, 0.717) is 49.3 Å². The zero-order valence-electron chi connectivity index (χ0n) is 16.4. The van der Waals surface area contributed by atoms with E-state index in [1.165, 1.54) is 7.11 Å². The van der Waals surface area contributed by atoms with Crippen molar-refractivity contribution in [3.8, 4) is 23.0 Å². The van der Waals surface area contributed by atoms with Crippen LogP contribution in [0.4, 0.5) is 5.82 Å². The molecular formula is C20H24N6O3. The van der Waals surface area contributed by atoms with Gasteiger partial charge in [-0.25, -0.2) is 4.98 Å². The summed E-state index contributed by atoms with van der Waals surface area (Å²) in [6.45, 7) is 4.55. The number of methoxy groups -OCH3 is 1. The maximum Gasteiger partial charge on any atom is 0.268 e. The summed E-state index contributed by atoms with van der Waals surface area (Å²) in [5, 5.41) is 8.30. The second-order valence-corrected chi connectivity index (χ2v) is 6.74. The summed E-state index contributed by atoms with van der Waals surface area (Å²) in [4.78, 5) is 25.0. The Kier molecular flexibility index (Phi) is 5.48. The molecule has 1 saturated heterocycles. The number of hydrogen-bond donors (Lipinski definition) is 0. The number of piperazine rings is 1. The molecule has 0 saturated carbocycles. The van der Waals surface area contributed by atoms with Crippen LogP contribution in [0.1, 0.15) is 7.12 Å². The largest absolute Gasteiger partial charge is 0.415 e. The minimum Gasteiger partial charge on any atom is -0.415 e. The lowest BCUT2D eigenvalue weighted by atomic mass is 10.2. The predicted octanol–water partition coefficient (Wildman–Crippen LogP) is 2.04. The van der Waals surface area contributed by atoms with Gasteiger partial charge in [0.15, 0.2) is 5.69 Å². The van der Waals surface area contributed by atoms with Crippen LogP contribution in [0.15, 0.2) is 40.9 Å². The van der Waals surface area contributed by atoms with E-state index in [4.69, 9.17) is 14.1 Å². The van der Waals surface area contributed by atoms with Crippen LogP contribution in [-0.2, 0) is 9.53 Å². The van der Waals surface area contributed by atoms with Gasteiger partial charge in [0.1, 0.15) is 12.4 Å². The van der Waals surface area contributed by atoms with Crippen molar-refractivity contribution in [2.75, 3.05) is 44.8 Å². The minimum atomic E-state index is 0. The third kappa shape index (κ3) is 4.09. The van der Waals surface area contributed by atoms with E-state index in [9.17, 15) is 4.79 Å². The number of nitrogens with zero attached hydrogens (tertiary/aromatic N) is 6. The van der Waals surface area contributed by atoms with Gasteiger partial charge in [0.2, 0.25) is 11.8 Å².